The van der Waals surface area contributed by atoms with Gasteiger partial charge in [-0.15, -0.1) is 0 Å². The van der Waals surface area contributed by atoms with Crippen LogP contribution in [0.5, 0.6) is 0 Å². The molecule has 2 fully saturated rings. The first-order chi connectivity index (χ1) is 5.76. The van der Waals surface area contributed by atoms with Crippen molar-refractivity contribution in [2.45, 2.75) is 32.6 Å². The molecule has 2 aliphatic rings. The van der Waals surface area contributed by atoms with Gasteiger partial charge in [0.25, 0.3) is 0 Å². The quantitative estimate of drug-likeness (QED) is 0.590. The van der Waals surface area contributed by atoms with Crippen LogP contribution >= 0.6 is 0 Å². The molecule has 1 spiro atoms. The van der Waals surface area contributed by atoms with Crippen LogP contribution in [0.1, 0.15) is 32.6 Å². The number of nitrogens with one attached hydrogen (secondary N) is 1. The van der Waals surface area contributed by atoms with Crippen molar-refractivity contribution in [3.63, 3.8) is 0 Å². The molecule has 0 bridgehead atoms. The molecule has 0 aromatic carbocycles. The number of carbonyl (C=O) groups is 1. The summed E-state index contributed by atoms with van der Waals surface area (Å²) in [6.07, 6.45) is 4.32. The van der Waals surface area contributed by atoms with E-state index < -0.39 is 0 Å². The molecule has 1 aliphatic heterocycles. The van der Waals surface area contributed by atoms with E-state index in [1.54, 1.807) is 0 Å². The number of ketones is 1. The smallest absolute Gasteiger partial charge is 0.140 e. The van der Waals surface area contributed by atoms with Gasteiger partial charge < -0.3 is 5.32 Å². The Hall–Kier alpha value is -0.370. The molecule has 12 heavy (non-hydrogen) atoms. The fraction of sp³-hybridized carbons (Fsp3) is 0.900. The molecule has 0 aromatic rings. The van der Waals surface area contributed by atoms with E-state index in [1.807, 2.05) is 0 Å². The lowest BCUT2D eigenvalue weighted by Crippen LogP contribution is -2.40. The fourth-order valence-corrected chi connectivity index (χ4v) is 2.70. The summed E-state index contributed by atoms with van der Waals surface area (Å²) in [5.74, 6) is 1.08. The van der Waals surface area contributed by atoms with Gasteiger partial charge in [-0.3, -0.25) is 4.79 Å². The topological polar surface area (TPSA) is 29.1 Å². The number of hydrogen-bond acceptors (Lipinski definition) is 2. The fourth-order valence-electron chi connectivity index (χ4n) is 2.70. The highest BCUT2D eigenvalue weighted by Crippen LogP contribution is 2.41. The predicted molar refractivity (Wildman–Crippen MR) is 47.9 cm³/mol. The summed E-state index contributed by atoms with van der Waals surface area (Å²) in [5, 5.41) is 3.34. The van der Waals surface area contributed by atoms with Gasteiger partial charge in [-0.25, -0.2) is 0 Å². The normalized spacial score (nSPS) is 42.4. The molecular formula is C10H17NO. The Balaban J connectivity index is 2.21. The summed E-state index contributed by atoms with van der Waals surface area (Å²) in [5.41, 5.74) is 0.0399. The van der Waals surface area contributed by atoms with E-state index in [9.17, 15) is 4.79 Å². The summed E-state index contributed by atoms with van der Waals surface area (Å²) >= 11 is 0. The summed E-state index contributed by atoms with van der Waals surface area (Å²) in [7, 11) is 0. The molecule has 2 rings (SSSR count). The maximum absolute atomic E-state index is 11.8. The first kappa shape index (κ1) is 8.24. The second-order valence-corrected chi connectivity index (χ2v) is 4.32. The molecule has 1 aliphatic carbocycles. The van der Waals surface area contributed by atoms with E-state index >= 15 is 0 Å². The van der Waals surface area contributed by atoms with Gasteiger partial charge in [0.15, 0.2) is 0 Å². The molecule has 0 amide bonds. The number of rotatable bonds is 0. The summed E-state index contributed by atoms with van der Waals surface area (Å²) < 4.78 is 0. The third-order valence-electron chi connectivity index (χ3n) is 3.67. The lowest BCUT2D eigenvalue weighted by Gasteiger charge is -2.34. The van der Waals surface area contributed by atoms with Crippen LogP contribution in [0.25, 0.3) is 0 Å². The molecule has 2 atom stereocenters. The Morgan fingerprint density at radius 3 is 2.92 bits per heavy atom. The summed E-state index contributed by atoms with van der Waals surface area (Å²) in [4.78, 5) is 11.8. The van der Waals surface area contributed by atoms with E-state index in [0.29, 0.717) is 11.7 Å². The summed E-state index contributed by atoms with van der Waals surface area (Å²) in [6, 6.07) is 0. The number of carbonyl (C=O) groups excluding carboxylic acids is 1. The van der Waals surface area contributed by atoms with Crippen LogP contribution in [0.15, 0.2) is 0 Å². The van der Waals surface area contributed by atoms with Crippen molar-refractivity contribution in [2.24, 2.45) is 11.3 Å². The van der Waals surface area contributed by atoms with Crippen molar-refractivity contribution >= 4 is 5.78 Å². The molecule has 1 saturated carbocycles. The average Bonchev–Trinajstić information content (AvgIpc) is 2.41. The zero-order valence-electron chi connectivity index (χ0n) is 7.73. The minimum absolute atomic E-state index is 0.0399. The highest BCUT2D eigenvalue weighted by molar-refractivity contribution is 5.86. The van der Waals surface area contributed by atoms with Gasteiger partial charge in [-0.2, -0.15) is 0 Å². The van der Waals surface area contributed by atoms with Gasteiger partial charge in [-0.1, -0.05) is 13.3 Å². The highest BCUT2D eigenvalue weighted by atomic mass is 16.1. The van der Waals surface area contributed by atoms with Crippen molar-refractivity contribution in [3.8, 4) is 0 Å². The molecule has 1 saturated heterocycles. The van der Waals surface area contributed by atoms with Crippen LogP contribution < -0.4 is 5.32 Å². The van der Waals surface area contributed by atoms with Crippen molar-refractivity contribution < 1.29 is 4.79 Å². The van der Waals surface area contributed by atoms with Crippen LogP contribution in [-0.4, -0.2) is 18.9 Å². The maximum Gasteiger partial charge on any atom is 0.140 e. The van der Waals surface area contributed by atoms with E-state index in [0.717, 1.165) is 32.4 Å². The average molecular weight is 167 g/mol. The second-order valence-electron chi connectivity index (χ2n) is 4.32. The standard InChI is InChI=1S/C10H17NO/c1-8-6-11-7-10(8)5-3-2-4-9(10)12/h8,11H,2-7H2,1H3. The van der Waals surface area contributed by atoms with Gasteiger partial charge >= 0.3 is 0 Å². The Bertz CT molecular complexity index is 202. The third kappa shape index (κ3) is 1.01. The zero-order valence-corrected chi connectivity index (χ0v) is 7.73. The Kier molecular flexibility index (Phi) is 1.95. The zero-order chi connectivity index (χ0) is 8.60. The molecule has 0 aromatic heterocycles. The monoisotopic (exact) mass is 167 g/mol. The lowest BCUT2D eigenvalue weighted by molar-refractivity contribution is -0.132. The minimum Gasteiger partial charge on any atom is -0.315 e. The molecule has 1 N–H and O–H groups in total. The second kappa shape index (κ2) is 2.84. The van der Waals surface area contributed by atoms with Gasteiger partial charge in [0.1, 0.15) is 5.78 Å². The molecular weight excluding hydrogens is 150 g/mol. The molecule has 2 unspecified atom stereocenters. The van der Waals surface area contributed by atoms with Crippen molar-refractivity contribution in [3.05, 3.63) is 0 Å². The van der Waals surface area contributed by atoms with Crippen LogP contribution in [0.3, 0.4) is 0 Å². The first-order valence-electron chi connectivity index (χ1n) is 5.00. The van der Waals surface area contributed by atoms with Crippen LogP contribution in [0, 0.1) is 11.3 Å². The third-order valence-corrected chi connectivity index (χ3v) is 3.67. The van der Waals surface area contributed by atoms with E-state index in [4.69, 9.17) is 0 Å². The molecule has 0 radical (unpaired) electrons. The number of hydrogen-bond donors (Lipinski definition) is 1. The van der Waals surface area contributed by atoms with Gasteiger partial charge in [0.05, 0.1) is 0 Å². The highest BCUT2D eigenvalue weighted by Gasteiger charge is 2.46. The van der Waals surface area contributed by atoms with E-state index in [2.05, 4.69) is 12.2 Å². The Labute approximate surface area is 73.7 Å². The predicted octanol–water partition coefficient (Wildman–Crippen LogP) is 1.36. The lowest BCUT2D eigenvalue weighted by atomic mass is 9.67. The van der Waals surface area contributed by atoms with Crippen molar-refractivity contribution in [1.29, 1.82) is 0 Å². The molecule has 2 heteroatoms. The molecule has 68 valence electrons. The van der Waals surface area contributed by atoms with Crippen LogP contribution in [0.2, 0.25) is 0 Å². The van der Waals surface area contributed by atoms with Crippen molar-refractivity contribution in [1.82, 2.24) is 5.32 Å². The van der Waals surface area contributed by atoms with E-state index in [1.165, 1.54) is 6.42 Å². The maximum atomic E-state index is 11.8. The molecule has 1 heterocycles. The summed E-state index contributed by atoms with van der Waals surface area (Å²) in [6.45, 7) is 4.18. The van der Waals surface area contributed by atoms with Crippen LogP contribution in [-0.2, 0) is 4.79 Å². The van der Waals surface area contributed by atoms with Crippen molar-refractivity contribution in [2.75, 3.05) is 13.1 Å². The minimum atomic E-state index is 0.0399. The van der Waals surface area contributed by atoms with Gasteiger partial charge in [0, 0.05) is 18.4 Å². The van der Waals surface area contributed by atoms with Gasteiger partial charge in [0.2, 0.25) is 0 Å². The largest absolute Gasteiger partial charge is 0.315 e. The van der Waals surface area contributed by atoms with Crippen LogP contribution in [0.4, 0.5) is 0 Å². The SMILES string of the molecule is CC1CNCC12CCCCC2=O. The van der Waals surface area contributed by atoms with Gasteiger partial charge in [-0.05, 0) is 25.3 Å². The number of Topliss-reactive ketones (excluding diaryl/α,β-unsaturated/α-hetero) is 1. The Morgan fingerprint density at radius 1 is 1.50 bits per heavy atom. The molecule has 2 nitrogen and oxygen atoms in total. The first-order valence-corrected chi connectivity index (χ1v) is 5.00. The van der Waals surface area contributed by atoms with E-state index in [-0.39, 0.29) is 5.41 Å². The Morgan fingerprint density at radius 2 is 2.33 bits per heavy atom.